The van der Waals surface area contributed by atoms with Crippen LogP contribution in [0.4, 0.5) is 4.39 Å². The smallest absolute Gasteiger partial charge is 0.251 e. The average molecular weight is 395 g/mol. The monoisotopic (exact) mass is 395 g/mol. The number of hydrogen-bond donors (Lipinski definition) is 2. The Hall–Kier alpha value is -2.95. The van der Waals surface area contributed by atoms with Gasteiger partial charge in [0, 0.05) is 31.2 Å². The molecule has 0 radical (unpaired) electrons. The van der Waals surface area contributed by atoms with E-state index in [9.17, 15) is 14.4 Å². The molecular formula is C22H22FN3O3. The molecule has 4 rings (SSSR count). The number of hydrogen-bond acceptors (Lipinski definition) is 5. The lowest BCUT2D eigenvalue weighted by Crippen LogP contribution is -2.46. The summed E-state index contributed by atoms with van der Waals surface area (Å²) >= 11 is 0. The maximum atomic E-state index is 13.4. The molecule has 2 aliphatic heterocycles. The fraction of sp³-hybridized carbons (Fsp3) is 0.364. The van der Waals surface area contributed by atoms with E-state index in [-0.39, 0.29) is 11.7 Å². The van der Waals surface area contributed by atoms with E-state index in [2.05, 4.69) is 16.7 Å². The summed E-state index contributed by atoms with van der Waals surface area (Å²) < 4.78 is 24.6. The third-order valence-electron chi connectivity index (χ3n) is 5.14. The van der Waals surface area contributed by atoms with Gasteiger partial charge in [-0.25, -0.2) is 4.39 Å². The first-order valence-corrected chi connectivity index (χ1v) is 9.71. The first-order valence-electron chi connectivity index (χ1n) is 9.71. The quantitative estimate of drug-likeness (QED) is 0.830. The highest BCUT2D eigenvalue weighted by molar-refractivity contribution is 5.81. The maximum absolute atomic E-state index is 13.4. The molecule has 1 fully saturated rings. The Morgan fingerprint density at radius 1 is 1.31 bits per heavy atom. The van der Waals surface area contributed by atoms with E-state index in [0.29, 0.717) is 31.9 Å². The number of nitrogens with one attached hydrogen (secondary N) is 2. The molecule has 0 spiro atoms. The van der Waals surface area contributed by atoms with E-state index in [1.165, 1.54) is 12.1 Å². The lowest BCUT2D eigenvalue weighted by atomic mass is 9.93. The van der Waals surface area contributed by atoms with E-state index >= 15 is 0 Å². The molecule has 150 valence electrons. The number of fused-ring (bicyclic) bond motifs is 3. The van der Waals surface area contributed by atoms with Gasteiger partial charge in [-0.2, -0.15) is 5.26 Å². The van der Waals surface area contributed by atoms with Crippen molar-refractivity contribution in [1.82, 2.24) is 10.6 Å². The summed E-state index contributed by atoms with van der Waals surface area (Å²) in [6.07, 6.45) is 0.659. The summed E-state index contributed by atoms with van der Waals surface area (Å²) in [6, 6.07) is 11.9. The van der Waals surface area contributed by atoms with Crippen molar-refractivity contribution in [2.75, 3.05) is 19.7 Å². The minimum Gasteiger partial charge on any atom is -0.488 e. The van der Waals surface area contributed by atoms with E-state index in [1.54, 1.807) is 6.07 Å². The molecule has 2 aliphatic rings. The van der Waals surface area contributed by atoms with Crippen LogP contribution < -0.4 is 15.4 Å². The topological polar surface area (TPSA) is 83.4 Å². The van der Waals surface area contributed by atoms with Gasteiger partial charge in [0.1, 0.15) is 30.3 Å². The molecule has 2 aromatic rings. The highest BCUT2D eigenvalue weighted by atomic mass is 19.1. The molecule has 2 N–H and O–H groups in total. The van der Waals surface area contributed by atoms with Gasteiger partial charge in [0.2, 0.25) is 0 Å². The molecule has 0 bridgehead atoms. The predicted octanol–water partition coefficient (Wildman–Crippen LogP) is 2.31. The lowest BCUT2D eigenvalue weighted by Gasteiger charge is -2.22. The molecule has 2 atom stereocenters. The fourth-order valence-electron chi connectivity index (χ4n) is 3.66. The lowest BCUT2D eigenvalue weighted by molar-refractivity contribution is -0.132. The average Bonchev–Trinajstić information content (AvgIpc) is 3.02. The minimum absolute atomic E-state index is 0.275. The minimum atomic E-state index is -0.654. The molecule has 2 heterocycles. The number of amides is 1. The van der Waals surface area contributed by atoms with Gasteiger partial charge in [0.05, 0.1) is 6.07 Å². The molecule has 0 aliphatic carbocycles. The largest absolute Gasteiger partial charge is 0.488 e. The highest BCUT2D eigenvalue weighted by Gasteiger charge is 2.24. The van der Waals surface area contributed by atoms with Gasteiger partial charge in [-0.15, -0.1) is 0 Å². The molecule has 29 heavy (non-hydrogen) atoms. The molecule has 6 nitrogen and oxygen atoms in total. The summed E-state index contributed by atoms with van der Waals surface area (Å²) in [5, 5.41) is 15.4. The Labute approximate surface area is 168 Å². The van der Waals surface area contributed by atoms with Crippen molar-refractivity contribution in [1.29, 1.82) is 5.26 Å². The second-order valence-electron chi connectivity index (χ2n) is 7.23. The van der Waals surface area contributed by atoms with Crippen LogP contribution in [0.2, 0.25) is 0 Å². The molecule has 0 aromatic heterocycles. The third kappa shape index (κ3) is 4.39. The SMILES string of the molecule is N#CC(Cc1ccc2c(c1)COc1cc(F)ccc1-2)NC(=O)C1CNCCCO1. The second-order valence-corrected chi connectivity index (χ2v) is 7.23. The van der Waals surface area contributed by atoms with Crippen molar-refractivity contribution in [3.8, 4) is 22.9 Å². The number of nitrogens with zero attached hydrogens (tertiary/aromatic N) is 1. The van der Waals surface area contributed by atoms with Crippen LogP contribution >= 0.6 is 0 Å². The van der Waals surface area contributed by atoms with Gasteiger partial charge in [-0.05, 0) is 41.8 Å². The first-order chi connectivity index (χ1) is 14.1. The number of carbonyl (C=O) groups is 1. The summed E-state index contributed by atoms with van der Waals surface area (Å²) in [5.41, 5.74) is 3.73. The molecule has 2 unspecified atom stereocenters. The predicted molar refractivity (Wildman–Crippen MR) is 105 cm³/mol. The normalized spacial score (nSPS) is 19.0. The van der Waals surface area contributed by atoms with Crippen molar-refractivity contribution < 1.29 is 18.7 Å². The van der Waals surface area contributed by atoms with Crippen LogP contribution in [0.3, 0.4) is 0 Å². The molecular weight excluding hydrogens is 373 g/mol. The Kier molecular flexibility index (Phi) is 5.74. The zero-order chi connectivity index (χ0) is 20.2. The van der Waals surface area contributed by atoms with Gasteiger partial charge in [0.15, 0.2) is 0 Å². The number of benzene rings is 2. The number of halogens is 1. The van der Waals surface area contributed by atoms with Crippen molar-refractivity contribution in [2.45, 2.75) is 31.6 Å². The summed E-state index contributed by atoms with van der Waals surface area (Å²) in [7, 11) is 0. The van der Waals surface area contributed by atoms with Gasteiger partial charge < -0.3 is 20.1 Å². The zero-order valence-corrected chi connectivity index (χ0v) is 15.9. The number of ether oxygens (including phenoxy) is 2. The van der Waals surface area contributed by atoms with Crippen LogP contribution in [-0.4, -0.2) is 37.7 Å². The summed E-state index contributed by atoms with van der Waals surface area (Å²) in [4.78, 5) is 12.4. The molecule has 1 saturated heterocycles. The molecule has 0 saturated carbocycles. The number of nitriles is 1. The van der Waals surface area contributed by atoms with Crippen molar-refractivity contribution >= 4 is 5.91 Å². The Bertz CT molecular complexity index is 949. The molecule has 2 aromatic carbocycles. The van der Waals surface area contributed by atoms with Crippen LogP contribution in [0.5, 0.6) is 5.75 Å². The van der Waals surface area contributed by atoms with E-state index in [0.717, 1.165) is 35.2 Å². The maximum Gasteiger partial charge on any atom is 0.251 e. The standard InChI is InChI=1S/C22H22FN3O3/c23-16-3-5-19-18-4-2-14(8-15(18)13-29-20(19)10-16)9-17(11-24)26-22(27)21-12-25-6-1-7-28-21/h2-5,8,10,17,21,25H,1,6-7,9,12-13H2,(H,26,27). The number of rotatable bonds is 4. The van der Waals surface area contributed by atoms with Crippen molar-refractivity contribution in [3.63, 3.8) is 0 Å². The summed E-state index contributed by atoms with van der Waals surface area (Å²) in [5.74, 6) is -0.0723. The van der Waals surface area contributed by atoms with Crippen LogP contribution in [0.1, 0.15) is 17.5 Å². The Morgan fingerprint density at radius 2 is 2.17 bits per heavy atom. The third-order valence-corrected chi connectivity index (χ3v) is 5.14. The highest BCUT2D eigenvalue weighted by Crippen LogP contribution is 2.38. The van der Waals surface area contributed by atoms with Crippen LogP contribution in [0.25, 0.3) is 11.1 Å². The Balaban J connectivity index is 1.46. The van der Waals surface area contributed by atoms with Crippen molar-refractivity contribution in [3.05, 3.63) is 53.3 Å². The molecule has 1 amide bonds. The van der Waals surface area contributed by atoms with Crippen LogP contribution in [0, 0.1) is 17.1 Å². The first kappa shape index (κ1) is 19.4. The van der Waals surface area contributed by atoms with Gasteiger partial charge in [0.25, 0.3) is 5.91 Å². The van der Waals surface area contributed by atoms with Gasteiger partial charge >= 0.3 is 0 Å². The second kappa shape index (κ2) is 8.60. The van der Waals surface area contributed by atoms with E-state index in [4.69, 9.17) is 9.47 Å². The van der Waals surface area contributed by atoms with Gasteiger partial charge in [-0.3, -0.25) is 4.79 Å². The van der Waals surface area contributed by atoms with E-state index in [1.807, 2.05) is 18.2 Å². The Morgan fingerprint density at radius 3 is 3.03 bits per heavy atom. The zero-order valence-electron chi connectivity index (χ0n) is 15.9. The van der Waals surface area contributed by atoms with E-state index < -0.39 is 12.1 Å². The molecule has 7 heteroatoms. The van der Waals surface area contributed by atoms with Gasteiger partial charge in [-0.1, -0.05) is 18.2 Å². The fourth-order valence-corrected chi connectivity index (χ4v) is 3.66. The van der Waals surface area contributed by atoms with Crippen LogP contribution in [-0.2, 0) is 22.6 Å². The van der Waals surface area contributed by atoms with Crippen LogP contribution in [0.15, 0.2) is 36.4 Å². The summed E-state index contributed by atoms with van der Waals surface area (Å²) in [6.45, 7) is 2.13. The number of carbonyl (C=O) groups excluding carboxylic acids is 1. The van der Waals surface area contributed by atoms with Crippen molar-refractivity contribution in [2.24, 2.45) is 0 Å².